The molecule has 0 aliphatic carbocycles. The van der Waals surface area contributed by atoms with Crippen LogP contribution in [0.25, 0.3) is 11.3 Å². The minimum atomic E-state index is 0.828. The molecule has 1 fully saturated rings. The van der Waals surface area contributed by atoms with Crippen LogP contribution < -0.4 is 5.32 Å². The molecule has 0 radical (unpaired) electrons. The second-order valence-electron chi connectivity index (χ2n) is 4.45. The van der Waals surface area contributed by atoms with Gasteiger partial charge >= 0.3 is 0 Å². The first kappa shape index (κ1) is 11.4. The lowest BCUT2D eigenvalue weighted by molar-refractivity contribution is 0.207. The van der Waals surface area contributed by atoms with Crippen molar-refractivity contribution in [2.24, 2.45) is 0 Å². The summed E-state index contributed by atoms with van der Waals surface area (Å²) in [5.74, 6) is 0.913. The maximum atomic E-state index is 5.38. The molecule has 2 aromatic rings. The van der Waals surface area contributed by atoms with E-state index in [1.54, 1.807) is 12.4 Å². The summed E-state index contributed by atoms with van der Waals surface area (Å²) in [4.78, 5) is 6.45. The maximum Gasteiger partial charge on any atom is 0.151 e. The minimum Gasteiger partial charge on any atom is -0.359 e. The average molecular weight is 244 g/mol. The summed E-state index contributed by atoms with van der Waals surface area (Å²) < 4.78 is 5.38. The van der Waals surface area contributed by atoms with Gasteiger partial charge in [0.2, 0.25) is 0 Å². The summed E-state index contributed by atoms with van der Waals surface area (Å²) >= 11 is 0. The van der Waals surface area contributed by atoms with Crippen molar-refractivity contribution >= 4 is 0 Å². The molecule has 0 unspecified atom stereocenters. The fraction of sp³-hybridized carbons (Fsp3) is 0.385. The predicted molar refractivity (Wildman–Crippen MR) is 67.9 cm³/mol. The van der Waals surface area contributed by atoms with Gasteiger partial charge in [-0.3, -0.25) is 9.88 Å². The van der Waals surface area contributed by atoms with E-state index in [0.717, 1.165) is 49.7 Å². The lowest BCUT2D eigenvalue weighted by Crippen LogP contribution is -2.42. The van der Waals surface area contributed by atoms with Crippen molar-refractivity contribution in [2.45, 2.75) is 6.54 Å². The van der Waals surface area contributed by atoms with Crippen LogP contribution in [0.5, 0.6) is 0 Å². The van der Waals surface area contributed by atoms with E-state index in [4.69, 9.17) is 4.52 Å². The molecule has 0 spiro atoms. The quantitative estimate of drug-likeness (QED) is 0.877. The largest absolute Gasteiger partial charge is 0.359 e. The third-order valence-corrected chi connectivity index (χ3v) is 3.11. The Morgan fingerprint density at radius 2 is 2.22 bits per heavy atom. The second-order valence-corrected chi connectivity index (χ2v) is 4.45. The first-order valence-electron chi connectivity index (χ1n) is 6.21. The monoisotopic (exact) mass is 244 g/mol. The molecule has 3 rings (SSSR count). The van der Waals surface area contributed by atoms with Crippen molar-refractivity contribution in [3.05, 3.63) is 36.4 Å². The Morgan fingerprint density at radius 3 is 3.00 bits per heavy atom. The zero-order chi connectivity index (χ0) is 12.2. The number of rotatable bonds is 3. The standard InChI is InChI=1S/C13H16N4O/c1-2-11(9-15-3-1)13-8-12(18-16-13)10-17-6-4-14-5-7-17/h1-3,8-9,14H,4-7,10H2. The van der Waals surface area contributed by atoms with Crippen molar-refractivity contribution in [1.29, 1.82) is 0 Å². The molecular weight excluding hydrogens is 228 g/mol. The van der Waals surface area contributed by atoms with Gasteiger partial charge in [0.1, 0.15) is 5.69 Å². The molecule has 1 aliphatic rings. The molecule has 1 aliphatic heterocycles. The lowest BCUT2D eigenvalue weighted by atomic mass is 10.2. The number of hydrogen-bond donors (Lipinski definition) is 1. The fourth-order valence-electron chi connectivity index (χ4n) is 2.13. The molecule has 0 aromatic carbocycles. The van der Waals surface area contributed by atoms with Crippen molar-refractivity contribution in [2.75, 3.05) is 26.2 Å². The number of aromatic nitrogens is 2. The molecule has 0 saturated carbocycles. The van der Waals surface area contributed by atoms with Gasteiger partial charge in [0.25, 0.3) is 0 Å². The highest BCUT2D eigenvalue weighted by Gasteiger charge is 2.13. The van der Waals surface area contributed by atoms with Crippen LogP contribution in [-0.4, -0.2) is 41.2 Å². The smallest absolute Gasteiger partial charge is 0.151 e. The van der Waals surface area contributed by atoms with Crippen LogP contribution in [0.4, 0.5) is 0 Å². The molecule has 2 aromatic heterocycles. The van der Waals surface area contributed by atoms with E-state index < -0.39 is 0 Å². The van der Waals surface area contributed by atoms with Crippen molar-refractivity contribution in [3.63, 3.8) is 0 Å². The summed E-state index contributed by atoms with van der Waals surface area (Å²) in [6, 6.07) is 5.89. The van der Waals surface area contributed by atoms with Crippen molar-refractivity contribution in [3.8, 4) is 11.3 Å². The van der Waals surface area contributed by atoms with Crippen LogP contribution in [0.15, 0.2) is 35.1 Å². The Morgan fingerprint density at radius 1 is 1.33 bits per heavy atom. The summed E-state index contributed by atoms with van der Waals surface area (Å²) in [6.45, 7) is 5.04. The molecular formula is C13H16N4O. The molecule has 5 heteroatoms. The molecule has 0 atom stereocenters. The Kier molecular flexibility index (Phi) is 3.34. The molecule has 1 saturated heterocycles. The van der Waals surface area contributed by atoms with E-state index in [2.05, 4.69) is 20.4 Å². The highest BCUT2D eigenvalue weighted by Crippen LogP contribution is 2.18. The van der Waals surface area contributed by atoms with Crippen LogP contribution in [0, 0.1) is 0 Å². The highest BCUT2D eigenvalue weighted by molar-refractivity contribution is 5.57. The number of nitrogens with one attached hydrogen (secondary N) is 1. The van der Waals surface area contributed by atoms with Gasteiger partial charge in [0, 0.05) is 50.2 Å². The number of pyridine rings is 1. The van der Waals surface area contributed by atoms with E-state index in [0.29, 0.717) is 0 Å². The molecule has 18 heavy (non-hydrogen) atoms. The van der Waals surface area contributed by atoms with Crippen LogP contribution in [0.1, 0.15) is 5.76 Å². The van der Waals surface area contributed by atoms with Gasteiger partial charge in [0.15, 0.2) is 5.76 Å². The van der Waals surface area contributed by atoms with Crippen molar-refractivity contribution < 1.29 is 4.52 Å². The molecule has 1 N–H and O–H groups in total. The maximum absolute atomic E-state index is 5.38. The van der Waals surface area contributed by atoms with Crippen LogP contribution >= 0.6 is 0 Å². The normalized spacial score (nSPS) is 16.9. The molecule has 94 valence electrons. The van der Waals surface area contributed by atoms with E-state index >= 15 is 0 Å². The number of hydrogen-bond acceptors (Lipinski definition) is 5. The Balaban J connectivity index is 1.69. The van der Waals surface area contributed by atoms with Gasteiger partial charge in [-0.25, -0.2) is 0 Å². The number of nitrogens with zero attached hydrogens (tertiary/aromatic N) is 3. The Hall–Kier alpha value is -1.72. The fourth-order valence-corrected chi connectivity index (χ4v) is 2.13. The van der Waals surface area contributed by atoms with Crippen LogP contribution in [-0.2, 0) is 6.54 Å². The molecule has 3 heterocycles. The molecule has 0 amide bonds. The van der Waals surface area contributed by atoms with Gasteiger partial charge in [-0.15, -0.1) is 0 Å². The lowest BCUT2D eigenvalue weighted by Gasteiger charge is -2.25. The second kappa shape index (κ2) is 5.29. The molecule has 0 bridgehead atoms. The Labute approximate surface area is 106 Å². The van der Waals surface area contributed by atoms with Crippen LogP contribution in [0.2, 0.25) is 0 Å². The zero-order valence-electron chi connectivity index (χ0n) is 10.2. The summed E-state index contributed by atoms with van der Waals surface area (Å²) in [5.41, 5.74) is 1.85. The SMILES string of the molecule is c1cncc(-c2cc(CN3CCNCC3)on2)c1. The first-order chi connectivity index (χ1) is 8.92. The van der Waals surface area contributed by atoms with Crippen molar-refractivity contribution in [1.82, 2.24) is 20.4 Å². The van der Waals surface area contributed by atoms with Gasteiger partial charge in [-0.1, -0.05) is 5.16 Å². The Bertz CT molecular complexity index is 491. The minimum absolute atomic E-state index is 0.828. The topological polar surface area (TPSA) is 54.2 Å². The zero-order valence-corrected chi connectivity index (χ0v) is 10.2. The van der Waals surface area contributed by atoms with E-state index in [1.807, 2.05) is 18.2 Å². The summed E-state index contributed by atoms with van der Waals surface area (Å²) in [5, 5.41) is 7.43. The first-order valence-corrected chi connectivity index (χ1v) is 6.21. The van der Waals surface area contributed by atoms with Crippen LogP contribution in [0.3, 0.4) is 0 Å². The predicted octanol–water partition coefficient (Wildman–Crippen LogP) is 1.14. The van der Waals surface area contributed by atoms with Gasteiger partial charge in [-0.05, 0) is 12.1 Å². The van der Waals surface area contributed by atoms with E-state index in [-0.39, 0.29) is 0 Å². The summed E-state index contributed by atoms with van der Waals surface area (Å²) in [6.07, 6.45) is 3.55. The molecule has 5 nitrogen and oxygen atoms in total. The van der Waals surface area contributed by atoms with E-state index in [9.17, 15) is 0 Å². The number of piperazine rings is 1. The highest BCUT2D eigenvalue weighted by atomic mass is 16.5. The van der Waals surface area contributed by atoms with Gasteiger partial charge in [-0.2, -0.15) is 0 Å². The third-order valence-electron chi connectivity index (χ3n) is 3.11. The average Bonchev–Trinajstić information content (AvgIpc) is 2.89. The summed E-state index contributed by atoms with van der Waals surface area (Å²) in [7, 11) is 0. The third kappa shape index (κ3) is 2.57. The van der Waals surface area contributed by atoms with Gasteiger partial charge < -0.3 is 9.84 Å². The van der Waals surface area contributed by atoms with E-state index in [1.165, 1.54) is 0 Å². The van der Waals surface area contributed by atoms with Gasteiger partial charge in [0.05, 0.1) is 6.54 Å².